The lowest BCUT2D eigenvalue weighted by atomic mass is 10.2. The quantitative estimate of drug-likeness (QED) is 0.671. The van der Waals surface area contributed by atoms with E-state index in [9.17, 15) is 14.0 Å². The number of benzene rings is 2. The van der Waals surface area contributed by atoms with E-state index in [2.05, 4.69) is 22.8 Å². The molecule has 138 valence electrons. The molecule has 0 atom stereocenters. The van der Waals surface area contributed by atoms with E-state index >= 15 is 0 Å². The highest BCUT2D eigenvalue weighted by atomic mass is 19.1. The average molecular weight is 358 g/mol. The van der Waals surface area contributed by atoms with Crippen LogP contribution in [-0.4, -0.2) is 25.0 Å². The molecule has 2 aromatic carbocycles. The second-order valence-electron chi connectivity index (χ2n) is 5.88. The Morgan fingerprint density at radius 3 is 2.54 bits per heavy atom. The van der Waals surface area contributed by atoms with Crippen LogP contribution in [0.4, 0.5) is 15.8 Å². The topological polar surface area (TPSA) is 67.4 Å². The van der Waals surface area contributed by atoms with E-state index in [1.807, 2.05) is 18.2 Å². The van der Waals surface area contributed by atoms with Gasteiger partial charge in [-0.1, -0.05) is 30.3 Å². The highest BCUT2D eigenvalue weighted by Gasteiger charge is 2.08. The largest absolute Gasteiger partial charge is 0.381 e. The number of hydrogen-bond acceptors (Lipinski definition) is 3. The van der Waals surface area contributed by atoms with Gasteiger partial charge in [0.15, 0.2) is 0 Å². The third-order valence-electron chi connectivity index (χ3n) is 3.63. The van der Waals surface area contributed by atoms with Gasteiger partial charge in [0.05, 0.1) is 12.3 Å². The first-order valence-corrected chi connectivity index (χ1v) is 8.53. The number of hydrogen-bond donors (Lipinski definition) is 2. The number of ether oxygens (including phenoxy) is 1. The van der Waals surface area contributed by atoms with Crippen molar-refractivity contribution in [3.05, 3.63) is 59.9 Å². The summed E-state index contributed by atoms with van der Waals surface area (Å²) >= 11 is 0. The monoisotopic (exact) mass is 358 g/mol. The van der Waals surface area contributed by atoms with E-state index in [1.165, 1.54) is 30.7 Å². The fourth-order valence-electron chi connectivity index (χ4n) is 2.38. The summed E-state index contributed by atoms with van der Waals surface area (Å²) in [6, 6.07) is 14.1. The fourth-order valence-corrected chi connectivity index (χ4v) is 2.38. The normalized spacial score (nSPS) is 10.4. The van der Waals surface area contributed by atoms with Gasteiger partial charge < -0.3 is 15.4 Å². The van der Waals surface area contributed by atoms with E-state index in [-0.39, 0.29) is 17.5 Å². The summed E-state index contributed by atoms with van der Waals surface area (Å²) in [5, 5.41) is 5.07. The summed E-state index contributed by atoms with van der Waals surface area (Å²) in [5.74, 6) is -1.11. The molecule has 0 unspecified atom stereocenters. The van der Waals surface area contributed by atoms with E-state index < -0.39 is 5.82 Å². The maximum atomic E-state index is 13.6. The van der Waals surface area contributed by atoms with Crippen LogP contribution in [-0.2, 0) is 20.7 Å². The Labute approximate surface area is 152 Å². The maximum absolute atomic E-state index is 13.6. The van der Waals surface area contributed by atoms with Gasteiger partial charge in [-0.25, -0.2) is 4.39 Å². The number of rotatable bonds is 9. The molecule has 0 spiro atoms. The van der Waals surface area contributed by atoms with Gasteiger partial charge in [0.2, 0.25) is 11.8 Å². The molecule has 0 fully saturated rings. The minimum absolute atomic E-state index is 0.0412. The van der Waals surface area contributed by atoms with Gasteiger partial charge in [0.1, 0.15) is 5.82 Å². The van der Waals surface area contributed by atoms with Crippen molar-refractivity contribution >= 4 is 23.2 Å². The molecule has 2 aromatic rings. The second-order valence-corrected chi connectivity index (χ2v) is 5.88. The van der Waals surface area contributed by atoms with E-state index in [0.717, 1.165) is 6.42 Å². The number of carbonyl (C=O) groups excluding carboxylic acids is 2. The Kier molecular flexibility index (Phi) is 7.76. The van der Waals surface area contributed by atoms with Crippen LogP contribution in [0, 0.1) is 5.82 Å². The minimum Gasteiger partial charge on any atom is -0.381 e. The molecule has 2 amide bonds. The SMILES string of the molecule is CC(=O)Nc1cc(NC(=O)CCCOCCc2ccccc2)ccc1F. The van der Waals surface area contributed by atoms with Gasteiger partial charge in [0, 0.05) is 25.6 Å². The van der Waals surface area contributed by atoms with Gasteiger partial charge in [0.25, 0.3) is 0 Å². The van der Waals surface area contributed by atoms with E-state index in [0.29, 0.717) is 31.7 Å². The molecule has 26 heavy (non-hydrogen) atoms. The molecule has 0 saturated heterocycles. The number of carbonyl (C=O) groups is 2. The van der Waals surface area contributed by atoms with E-state index in [1.54, 1.807) is 0 Å². The van der Waals surface area contributed by atoms with Crippen molar-refractivity contribution in [2.45, 2.75) is 26.2 Å². The van der Waals surface area contributed by atoms with Gasteiger partial charge in [-0.15, -0.1) is 0 Å². The van der Waals surface area contributed by atoms with Crippen LogP contribution in [0.2, 0.25) is 0 Å². The summed E-state index contributed by atoms with van der Waals surface area (Å²) in [5.41, 5.74) is 1.70. The molecule has 6 heteroatoms. The summed E-state index contributed by atoms with van der Waals surface area (Å²) in [6.07, 6.45) is 1.74. The van der Waals surface area contributed by atoms with Gasteiger partial charge >= 0.3 is 0 Å². The lowest BCUT2D eigenvalue weighted by Gasteiger charge is -2.09. The van der Waals surface area contributed by atoms with Crippen molar-refractivity contribution in [2.75, 3.05) is 23.8 Å². The molecule has 0 radical (unpaired) electrons. The Balaban J connectivity index is 1.66. The predicted octanol–water partition coefficient (Wildman–Crippen LogP) is 3.76. The lowest BCUT2D eigenvalue weighted by Crippen LogP contribution is -2.13. The fraction of sp³-hybridized carbons (Fsp3) is 0.300. The molecule has 0 bridgehead atoms. The molecule has 0 aliphatic rings. The third-order valence-corrected chi connectivity index (χ3v) is 3.63. The summed E-state index contributed by atoms with van der Waals surface area (Å²) in [7, 11) is 0. The first-order chi connectivity index (χ1) is 12.5. The highest BCUT2D eigenvalue weighted by molar-refractivity contribution is 5.93. The standard InChI is InChI=1S/C20H23FN2O3/c1-15(24)22-19-14-17(9-10-18(19)21)23-20(25)8-5-12-26-13-11-16-6-3-2-4-7-16/h2-4,6-7,9-10,14H,5,8,11-13H2,1H3,(H,22,24)(H,23,25). The first-order valence-electron chi connectivity index (χ1n) is 8.53. The second kappa shape index (κ2) is 10.3. The predicted molar refractivity (Wildman–Crippen MR) is 99.5 cm³/mol. The summed E-state index contributed by atoms with van der Waals surface area (Å²) < 4.78 is 19.1. The lowest BCUT2D eigenvalue weighted by molar-refractivity contribution is -0.116. The molecule has 0 aliphatic carbocycles. The van der Waals surface area contributed by atoms with Crippen molar-refractivity contribution in [3.63, 3.8) is 0 Å². The van der Waals surface area contributed by atoms with Gasteiger partial charge in [-0.3, -0.25) is 9.59 Å². The molecular formula is C20H23FN2O3. The molecular weight excluding hydrogens is 335 g/mol. The van der Waals surface area contributed by atoms with Crippen LogP contribution in [0.5, 0.6) is 0 Å². The van der Waals surface area contributed by atoms with Crippen molar-refractivity contribution in [3.8, 4) is 0 Å². The Hall–Kier alpha value is -2.73. The van der Waals surface area contributed by atoms with Crippen LogP contribution in [0.15, 0.2) is 48.5 Å². The Bertz CT molecular complexity index is 735. The molecule has 2 N–H and O–H groups in total. The number of anilines is 2. The van der Waals surface area contributed by atoms with Gasteiger partial charge in [-0.05, 0) is 36.6 Å². The zero-order valence-electron chi connectivity index (χ0n) is 14.8. The third kappa shape index (κ3) is 7.03. The van der Waals surface area contributed by atoms with Crippen LogP contribution < -0.4 is 10.6 Å². The highest BCUT2D eigenvalue weighted by Crippen LogP contribution is 2.19. The van der Waals surface area contributed by atoms with Crippen LogP contribution >= 0.6 is 0 Å². The van der Waals surface area contributed by atoms with E-state index in [4.69, 9.17) is 4.74 Å². The minimum atomic E-state index is -0.551. The smallest absolute Gasteiger partial charge is 0.224 e. The Morgan fingerprint density at radius 1 is 1.04 bits per heavy atom. The van der Waals surface area contributed by atoms with Gasteiger partial charge in [-0.2, -0.15) is 0 Å². The van der Waals surface area contributed by atoms with Crippen LogP contribution in [0.1, 0.15) is 25.3 Å². The maximum Gasteiger partial charge on any atom is 0.224 e. The van der Waals surface area contributed by atoms with Crippen molar-refractivity contribution in [2.24, 2.45) is 0 Å². The zero-order chi connectivity index (χ0) is 18.8. The average Bonchev–Trinajstić information content (AvgIpc) is 2.61. The molecule has 0 heterocycles. The van der Waals surface area contributed by atoms with Crippen LogP contribution in [0.3, 0.4) is 0 Å². The number of nitrogens with one attached hydrogen (secondary N) is 2. The zero-order valence-corrected chi connectivity index (χ0v) is 14.8. The summed E-state index contributed by atoms with van der Waals surface area (Å²) in [6.45, 7) is 2.41. The Morgan fingerprint density at radius 2 is 1.81 bits per heavy atom. The summed E-state index contributed by atoms with van der Waals surface area (Å²) in [4.78, 5) is 23.0. The van der Waals surface area contributed by atoms with Crippen LogP contribution in [0.25, 0.3) is 0 Å². The van der Waals surface area contributed by atoms with Crippen molar-refractivity contribution < 1.29 is 18.7 Å². The van der Waals surface area contributed by atoms with Crippen molar-refractivity contribution in [1.82, 2.24) is 0 Å². The molecule has 0 saturated carbocycles. The molecule has 0 aromatic heterocycles. The van der Waals surface area contributed by atoms with Crippen molar-refractivity contribution in [1.29, 1.82) is 0 Å². The molecule has 2 rings (SSSR count). The molecule has 0 aliphatic heterocycles. The first kappa shape index (κ1) is 19.6. The number of amides is 2. The number of halogens is 1. The molecule has 5 nitrogen and oxygen atoms in total.